The zero-order valence-electron chi connectivity index (χ0n) is 10.9. The molecule has 1 fully saturated rings. The van der Waals surface area contributed by atoms with Crippen LogP contribution in [0.3, 0.4) is 0 Å². The summed E-state index contributed by atoms with van der Waals surface area (Å²) in [5.41, 5.74) is 6.46. The Labute approximate surface area is 127 Å². The number of aromatic nitrogens is 2. The molecule has 1 aliphatic carbocycles. The molecule has 7 heteroatoms. The summed E-state index contributed by atoms with van der Waals surface area (Å²) in [4.78, 5) is 4.39. The lowest BCUT2D eigenvalue weighted by molar-refractivity contribution is 0.229. The smallest absolute Gasteiger partial charge is 0.261 e. The van der Waals surface area contributed by atoms with Crippen molar-refractivity contribution in [1.29, 1.82) is 0 Å². The first-order chi connectivity index (χ1) is 9.12. The van der Waals surface area contributed by atoms with Crippen LogP contribution in [-0.2, 0) is 5.54 Å². The highest BCUT2D eigenvalue weighted by Gasteiger charge is 2.39. The van der Waals surface area contributed by atoms with Crippen LogP contribution < -0.4 is 10.5 Å². The van der Waals surface area contributed by atoms with Crippen molar-refractivity contribution in [1.82, 2.24) is 10.1 Å². The van der Waals surface area contributed by atoms with E-state index in [1.807, 2.05) is 0 Å². The predicted octanol–water partition coefficient (Wildman–Crippen LogP) is 3.16. The third-order valence-electron chi connectivity index (χ3n) is 3.51. The number of rotatable bonds is 3. The topological polar surface area (TPSA) is 74.2 Å². The second-order valence-corrected chi connectivity index (χ2v) is 5.21. The van der Waals surface area contributed by atoms with Gasteiger partial charge in [0.25, 0.3) is 5.89 Å². The molecule has 0 saturated heterocycles. The van der Waals surface area contributed by atoms with Crippen LogP contribution in [0.4, 0.5) is 0 Å². The van der Waals surface area contributed by atoms with Crippen LogP contribution in [0.25, 0.3) is 11.5 Å². The molecule has 0 bridgehead atoms. The van der Waals surface area contributed by atoms with Crippen molar-refractivity contribution in [2.24, 2.45) is 5.73 Å². The Morgan fingerprint density at radius 2 is 2.15 bits per heavy atom. The van der Waals surface area contributed by atoms with Gasteiger partial charge in [-0.05, 0) is 37.5 Å². The minimum Gasteiger partial charge on any atom is -0.496 e. The summed E-state index contributed by atoms with van der Waals surface area (Å²) >= 11 is 5.93. The van der Waals surface area contributed by atoms with E-state index < -0.39 is 5.54 Å². The normalized spacial score (nSPS) is 16.1. The fraction of sp³-hybridized carbons (Fsp3) is 0.385. The Hall–Kier alpha value is -1.30. The van der Waals surface area contributed by atoms with Crippen LogP contribution in [0.2, 0.25) is 5.02 Å². The molecule has 2 N–H and O–H groups in total. The first kappa shape index (κ1) is 15.1. The highest BCUT2D eigenvalue weighted by atomic mass is 35.5. The summed E-state index contributed by atoms with van der Waals surface area (Å²) in [7, 11) is 1.57. The van der Waals surface area contributed by atoms with Crippen LogP contribution in [-0.4, -0.2) is 17.3 Å². The predicted molar refractivity (Wildman–Crippen MR) is 78.3 cm³/mol. The molecule has 3 rings (SSSR count). The van der Waals surface area contributed by atoms with Crippen LogP contribution in [0.5, 0.6) is 5.75 Å². The first-order valence-electron chi connectivity index (χ1n) is 6.09. The van der Waals surface area contributed by atoms with Crippen LogP contribution in [0, 0.1) is 0 Å². The summed E-state index contributed by atoms with van der Waals surface area (Å²) < 4.78 is 10.6. The van der Waals surface area contributed by atoms with Crippen LogP contribution >= 0.6 is 24.0 Å². The zero-order chi connectivity index (χ0) is 13.5. The molecule has 0 aliphatic heterocycles. The van der Waals surface area contributed by atoms with Gasteiger partial charge in [0.15, 0.2) is 5.82 Å². The third-order valence-corrected chi connectivity index (χ3v) is 3.75. The van der Waals surface area contributed by atoms with Gasteiger partial charge in [0.05, 0.1) is 18.2 Å². The Morgan fingerprint density at radius 1 is 1.40 bits per heavy atom. The Balaban J connectivity index is 0.00000147. The number of nitrogens with zero attached hydrogens (tertiary/aromatic N) is 2. The Bertz CT molecular complexity index is 611. The zero-order valence-corrected chi connectivity index (χ0v) is 12.5. The summed E-state index contributed by atoms with van der Waals surface area (Å²) in [6.45, 7) is 0. The van der Waals surface area contributed by atoms with Crippen molar-refractivity contribution in [2.45, 2.75) is 24.8 Å². The van der Waals surface area contributed by atoms with Gasteiger partial charge in [-0.2, -0.15) is 4.98 Å². The van der Waals surface area contributed by atoms with Gasteiger partial charge in [0, 0.05) is 5.02 Å². The molecular weight excluding hydrogens is 301 g/mol. The van der Waals surface area contributed by atoms with Crippen molar-refractivity contribution in [2.75, 3.05) is 7.11 Å². The van der Waals surface area contributed by atoms with E-state index in [4.69, 9.17) is 26.6 Å². The van der Waals surface area contributed by atoms with Crippen molar-refractivity contribution in [3.05, 3.63) is 29.0 Å². The van der Waals surface area contributed by atoms with Crippen LogP contribution in [0.15, 0.2) is 22.7 Å². The molecule has 1 aromatic heterocycles. The molecule has 0 atom stereocenters. The standard InChI is InChI=1S/C13H14ClN3O2.ClH/c1-18-10-7-8(14)3-4-9(10)11-16-12(17-19-11)13(15)5-2-6-13;/h3-4,7H,2,5-6,15H2,1H3;1H. The summed E-state index contributed by atoms with van der Waals surface area (Å²) in [5.74, 6) is 1.56. The molecule has 108 valence electrons. The number of nitrogens with two attached hydrogens (primary N) is 1. The number of hydrogen-bond donors (Lipinski definition) is 1. The van der Waals surface area contributed by atoms with E-state index in [2.05, 4.69) is 10.1 Å². The largest absolute Gasteiger partial charge is 0.496 e. The first-order valence-corrected chi connectivity index (χ1v) is 6.47. The molecular formula is C13H15Cl2N3O2. The van der Waals surface area contributed by atoms with Gasteiger partial charge in [0.1, 0.15) is 5.75 Å². The van der Waals surface area contributed by atoms with Crippen molar-refractivity contribution in [3.8, 4) is 17.2 Å². The lowest BCUT2D eigenvalue weighted by Crippen LogP contribution is -2.44. The maximum absolute atomic E-state index is 6.17. The van der Waals surface area contributed by atoms with Gasteiger partial charge in [0.2, 0.25) is 0 Å². The third kappa shape index (κ3) is 2.49. The number of ether oxygens (including phenoxy) is 1. The molecule has 1 saturated carbocycles. The van der Waals surface area contributed by atoms with Gasteiger partial charge in [-0.1, -0.05) is 16.8 Å². The Morgan fingerprint density at radius 3 is 2.75 bits per heavy atom. The lowest BCUT2D eigenvalue weighted by Gasteiger charge is -2.34. The summed E-state index contributed by atoms with van der Waals surface area (Å²) in [6.07, 6.45) is 2.89. The minimum absolute atomic E-state index is 0. The van der Waals surface area contributed by atoms with Gasteiger partial charge in [-0.15, -0.1) is 12.4 Å². The monoisotopic (exact) mass is 315 g/mol. The average molecular weight is 316 g/mol. The molecule has 1 aliphatic rings. The van der Waals surface area contributed by atoms with E-state index in [-0.39, 0.29) is 12.4 Å². The molecule has 0 spiro atoms. The second-order valence-electron chi connectivity index (χ2n) is 4.78. The maximum atomic E-state index is 6.17. The molecule has 20 heavy (non-hydrogen) atoms. The lowest BCUT2D eigenvalue weighted by atomic mass is 9.77. The van der Waals surface area contributed by atoms with Gasteiger partial charge in [-0.3, -0.25) is 0 Å². The van der Waals surface area contributed by atoms with Gasteiger partial charge >= 0.3 is 0 Å². The second kappa shape index (κ2) is 5.60. The number of methoxy groups -OCH3 is 1. The summed E-state index contributed by atoms with van der Waals surface area (Å²) in [6, 6.07) is 5.26. The molecule has 1 heterocycles. The molecule has 0 radical (unpaired) electrons. The van der Waals surface area contributed by atoms with Crippen molar-refractivity contribution >= 4 is 24.0 Å². The van der Waals surface area contributed by atoms with E-state index in [0.717, 1.165) is 19.3 Å². The Kier molecular flexibility index (Phi) is 4.22. The van der Waals surface area contributed by atoms with E-state index >= 15 is 0 Å². The highest BCUT2D eigenvalue weighted by Crippen LogP contribution is 2.38. The number of hydrogen-bond acceptors (Lipinski definition) is 5. The molecule has 0 amide bonds. The van der Waals surface area contributed by atoms with Crippen molar-refractivity contribution < 1.29 is 9.26 Å². The summed E-state index contributed by atoms with van der Waals surface area (Å²) in [5, 5.41) is 4.58. The fourth-order valence-electron chi connectivity index (χ4n) is 2.16. The molecule has 1 aromatic carbocycles. The van der Waals surface area contributed by atoms with Gasteiger partial charge in [-0.25, -0.2) is 0 Å². The number of benzene rings is 1. The minimum atomic E-state index is -0.429. The van der Waals surface area contributed by atoms with E-state index in [1.165, 1.54) is 0 Å². The maximum Gasteiger partial charge on any atom is 0.261 e. The van der Waals surface area contributed by atoms with E-state index in [0.29, 0.717) is 28.1 Å². The highest BCUT2D eigenvalue weighted by molar-refractivity contribution is 6.30. The van der Waals surface area contributed by atoms with E-state index in [9.17, 15) is 0 Å². The van der Waals surface area contributed by atoms with Crippen molar-refractivity contribution in [3.63, 3.8) is 0 Å². The quantitative estimate of drug-likeness (QED) is 0.941. The average Bonchev–Trinajstić information content (AvgIpc) is 2.85. The van der Waals surface area contributed by atoms with E-state index in [1.54, 1.807) is 25.3 Å². The van der Waals surface area contributed by atoms with Gasteiger partial charge < -0.3 is 15.0 Å². The fourth-order valence-corrected chi connectivity index (χ4v) is 2.32. The SMILES string of the molecule is COc1cc(Cl)ccc1-c1nc(C2(N)CCC2)no1.Cl. The molecule has 0 unspecified atom stereocenters. The molecule has 2 aromatic rings. The number of halogens is 2. The van der Waals surface area contributed by atoms with Crippen LogP contribution in [0.1, 0.15) is 25.1 Å². The molecule has 5 nitrogen and oxygen atoms in total.